The third kappa shape index (κ3) is 4.35. The van der Waals surface area contributed by atoms with Crippen LogP contribution in [0.3, 0.4) is 0 Å². The average molecular weight is 514 g/mol. The molecule has 194 valence electrons. The van der Waals surface area contributed by atoms with Gasteiger partial charge in [-0.25, -0.2) is 13.2 Å². The number of anilines is 1. The van der Waals surface area contributed by atoms with Gasteiger partial charge in [0.2, 0.25) is 0 Å². The van der Waals surface area contributed by atoms with Gasteiger partial charge in [-0.15, -0.1) is 0 Å². The molecule has 5 rings (SSSR count). The zero-order chi connectivity index (χ0) is 26.2. The van der Waals surface area contributed by atoms with E-state index >= 15 is 0 Å². The molecule has 1 aromatic carbocycles. The number of hydrogen-bond donors (Lipinski definition) is 2. The highest BCUT2D eigenvalue weighted by Crippen LogP contribution is 2.52. The number of rotatable bonds is 6. The van der Waals surface area contributed by atoms with Gasteiger partial charge in [0.05, 0.1) is 22.9 Å². The normalized spacial score (nSPS) is 27.3. The number of carbonyl (C=O) groups excluding carboxylic acids is 1. The number of nitrogens with zero attached hydrogens (tertiary/aromatic N) is 2. The minimum Gasteiger partial charge on any atom is -0.381 e. The molecule has 1 amide bonds. The highest BCUT2D eigenvalue weighted by Gasteiger charge is 2.59. The third-order valence-corrected chi connectivity index (χ3v) is 7.30. The Kier molecular flexibility index (Phi) is 5.66. The van der Waals surface area contributed by atoms with Gasteiger partial charge in [0.1, 0.15) is 11.9 Å². The van der Waals surface area contributed by atoms with E-state index in [2.05, 4.69) is 15.5 Å². The van der Waals surface area contributed by atoms with E-state index in [-0.39, 0.29) is 22.9 Å². The molecule has 0 bridgehead atoms. The van der Waals surface area contributed by atoms with Crippen LogP contribution in [0, 0.1) is 17.7 Å². The summed E-state index contributed by atoms with van der Waals surface area (Å²) < 4.78 is 82.2. The van der Waals surface area contributed by atoms with Crippen LogP contribution in [0.5, 0.6) is 0 Å². The molecule has 1 saturated heterocycles. The van der Waals surface area contributed by atoms with Crippen molar-refractivity contribution in [2.45, 2.75) is 43.6 Å². The molecule has 2 saturated carbocycles. The summed E-state index contributed by atoms with van der Waals surface area (Å²) in [5, 5.41) is 5.63. The fourth-order valence-corrected chi connectivity index (χ4v) is 5.18. The molecule has 1 unspecified atom stereocenters. The van der Waals surface area contributed by atoms with Crippen LogP contribution in [0.25, 0.3) is 0 Å². The van der Waals surface area contributed by atoms with Crippen molar-refractivity contribution in [2.24, 2.45) is 11.8 Å². The second-order valence-electron chi connectivity index (χ2n) is 9.95. The van der Waals surface area contributed by atoms with Gasteiger partial charge in [-0.2, -0.15) is 13.2 Å². The molecule has 0 spiro atoms. The maximum absolute atomic E-state index is 14.6. The minimum atomic E-state index is -4.91. The van der Waals surface area contributed by atoms with Gasteiger partial charge in [-0.05, 0) is 31.9 Å². The van der Waals surface area contributed by atoms with Crippen molar-refractivity contribution < 1.29 is 31.1 Å². The molecule has 2 aromatic rings. The molecule has 3 aliphatic rings. The smallest absolute Gasteiger partial charge is 0.381 e. The van der Waals surface area contributed by atoms with Crippen molar-refractivity contribution in [1.29, 1.82) is 0 Å². The van der Waals surface area contributed by atoms with Crippen LogP contribution >= 0.6 is 0 Å². The quantitative estimate of drug-likeness (QED) is 0.571. The predicted molar refractivity (Wildman–Crippen MR) is 118 cm³/mol. The fourth-order valence-electron chi connectivity index (χ4n) is 5.18. The van der Waals surface area contributed by atoms with E-state index in [0.717, 1.165) is 42.1 Å². The lowest BCUT2D eigenvalue weighted by Gasteiger charge is -2.20. The number of nitrogens with one attached hydrogen (secondary N) is 2. The lowest BCUT2D eigenvalue weighted by Crippen LogP contribution is -2.32. The largest absolute Gasteiger partial charge is 0.419 e. The number of pyridine rings is 1. The monoisotopic (exact) mass is 514 g/mol. The zero-order valence-electron chi connectivity index (χ0n) is 19.4. The first-order chi connectivity index (χ1) is 16.8. The topological polar surface area (TPSA) is 66.4 Å². The van der Waals surface area contributed by atoms with Crippen molar-refractivity contribution >= 4 is 11.6 Å². The average Bonchev–Trinajstić information content (AvgIpc) is 3.54. The van der Waals surface area contributed by atoms with Crippen molar-refractivity contribution in [3.63, 3.8) is 0 Å². The van der Waals surface area contributed by atoms with Gasteiger partial charge in [-0.1, -0.05) is 12.1 Å². The summed E-state index contributed by atoms with van der Waals surface area (Å²) >= 11 is 0. The van der Waals surface area contributed by atoms with Crippen LogP contribution in [-0.4, -0.2) is 47.5 Å². The van der Waals surface area contributed by atoms with Crippen molar-refractivity contribution in [3.8, 4) is 0 Å². The minimum absolute atomic E-state index is 0.00343. The number of fused-ring (bicyclic) bond motifs is 1. The second kappa shape index (κ2) is 8.25. The highest BCUT2D eigenvalue weighted by atomic mass is 19.4. The number of carbonyl (C=O) groups is 1. The number of amides is 1. The van der Waals surface area contributed by atoms with E-state index in [1.807, 2.05) is 7.05 Å². The maximum Gasteiger partial charge on any atom is 0.419 e. The van der Waals surface area contributed by atoms with Crippen LogP contribution in [-0.2, 0) is 6.18 Å². The van der Waals surface area contributed by atoms with Gasteiger partial charge in [-0.3, -0.25) is 9.59 Å². The van der Waals surface area contributed by atoms with Crippen LogP contribution < -0.4 is 16.2 Å². The van der Waals surface area contributed by atoms with Crippen molar-refractivity contribution in [1.82, 2.24) is 14.8 Å². The SMILES string of the molecule is C[C@@H](NC(=O)c1cn([C@H]2CC2(F)F)c(=O)cc1NC1[C@H]2CN(C)C[C@@H]12)c1cccc(C(F)(F)F)c1F. The fraction of sp³-hybridized carbons (Fsp3) is 0.500. The Morgan fingerprint density at radius 1 is 1.19 bits per heavy atom. The highest BCUT2D eigenvalue weighted by molar-refractivity contribution is 5.99. The van der Waals surface area contributed by atoms with Crippen molar-refractivity contribution in [3.05, 3.63) is 63.3 Å². The molecule has 36 heavy (non-hydrogen) atoms. The summed E-state index contributed by atoms with van der Waals surface area (Å²) in [6.07, 6.45) is -4.40. The first-order valence-electron chi connectivity index (χ1n) is 11.5. The molecular formula is C24H24F6N4O2. The number of hydrogen-bond acceptors (Lipinski definition) is 4. The lowest BCUT2D eigenvalue weighted by molar-refractivity contribution is -0.140. The first-order valence-corrected chi connectivity index (χ1v) is 11.5. The van der Waals surface area contributed by atoms with Crippen molar-refractivity contribution in [2.75, 3.05) is 25.5 Å². The van der Waals surface area contributed by atoms with Gasteiger partial charge in [0.15, 0.2) is 0 Å². The van der Waals surface area contributed by atoms with Crippen LogP contribution in [0.1, 0.15) is 46.9 Å². The Morgan fingerprint density at radius 3 is 2.42 bits per heavy atom. The number of benzene rings is 1. The summed E-state index contributed by atoms with van der Waals surface area (Å²) in [4.78, 5) is 28.0. The molecule has 1 aliphatic heterocycles. The number of likely N-dealkylation sites (tertiary alicyclic amines) is 1. The van der Waals surface area contributed by atoms with Gasteiger partial charge >= 0.3 is 6.18 Å². The summed E-state index contributed by atoms with van der Waals surface area (Å²) in [7, 11) is 1.98. The molecular weight excluding hydrogens is 490 g/mol. The molecule has 3 fully saturated rings. The Morgan fingerprint density at radius 2 is 1.83 bits per heavy atom. The molecule has 2 N–H and O–H groups in total. The lowest BCUT2D eigenvalue weighted by atomic mass is 10.0. The van der Waals surface area contributed by atoms with E-state index in [9.17, 15) is 35.9 Å². The summed E-state index contributed by atoms with van der Waals surface area (Å²) in [6.45, 7) is 2.98. The Labute approximate surface area is 202 Å². The summed E-state index contributed by atoms with van der Waals surface area (Å²) in [5.74, 6) is -4.77. The molecule has 12 heteroatoms. The van der Waals surface area contributed by atoms with Crippen LogP contribution in [0.15, 0.2) is 35.3 Å². The Hall–Kier alpha value is -3.02. The Bertz CT molecular complexity index is 1260. The zero-order valence-corrected chi connectivity index (χ0v) is 19.4. The van der Waals surface area contributed by atoms with E-state index in [0.29, 0.717) is 17.9 Å². The molecule has 1 aromatic heterocycles. The number of piperidine rings is 1. The maximum atomic E-state index is 14.6. The van der Waals surface area contributed by atoms with E-state index in [4.69, 9.17) is 0 Å². The molecule has 5 atom stereocenters. The summed E-state index contributed by atoms with van der Waals surface area (Å²) in [5.41, 5.74) is -2.50. The molecule has 6 nitrogen and oxygen atoms in total. The number of alkyl halides is 5. The standard InChI is InChI=1S/C24H24F6N4O2/c1-11(12-4-3-5-16(20(12)25)24(28,29)30)31-22(36)15-10-34(18-7-23(18,26)27)19(35)6-17(15)32-21-13-8-33(2)9-14(13)21/h3-6,10-11,13-14,18,21,32H,7-9H2,1-2H3,(H,31,36)/t11-,13-,14+,18+,21?/m1/s1. The summed E-state index contributed by atoms with van der Waals surface area (Å²) in [6, 6.07) is 1.31. The number of aromatic nitrogens is 1. The molecule has 2 aliphatic carbocycles. The Balaban J connectivity index is 1.43. The first kappa shape index (κ1) is 24.7. The predicted octanol–water partition coefficient (Wildman–Crippen LogP) is 4.05. The van der Waals surface area contributed by atoms with Gasteiger partial charge in [0.25, 0.3) is 17.4 Å². The van der Waals surface area contributed by atoms with Gasteiger partial charge < -0.3 is 20.1 Å². The van der Waals surface area contributed by atoms with E-state index < -0.39 is 53.5 Å². The number of halogens is 6. The molecule has 2 heterocycles. The molecule has 0 radical (unpaired) electrons. The third-order valence-electron chi connectivity index (χ3n) is 7.30. The van der Waals surface area contributed by atoms with E-state index in [1.54, 1.807) is 0 Å². The van der Waals surface area contributed by atoms with E-state index in [1.165, 1.54) is 6.92 Å². The van der Waals surface area contributed by atoms with Crippen LogP contribution in [0.4, 0.5) is 32.0 Å². The van der Waals surface area contributed by atoms with Crippen LogP contribution in [0.2, 0.25) is 0 Å². The second-order valence-corrected chi connectivity index (χ2v) is 9.95. The van der Waals surface area contributed by atoms with Gasteiger partial charge in [0, 0.05) is 43.4 Å².